The van der Waals surface area contributed by atoms with E-state index in [0.717, 1.165) is 5.56 Å². The van der Waals surface area contributed by atoms with E-state index in [2.05, 4.69) is 11.2 Å². The highest BCUT2D eigenvalue weighted by Crippen LogP contribution is 2.20. The molecule has 84 valence electrons. The molecule has 0 saturated heterocycles. The van der Waals surface area contributed by atoms with E-state index in [1.165, 1.54) is 6.07 Å². The van der Waals surface area contributed by atoms with Crippen LogP contribution < -0.4 is 5.32 Å². The highest BCUT2D eigenvalue weighted by molar-refractivity contribution is 5.44. The fourth-order valence-electron chi connectivity index (χ4n) is 1.38. The smallest absolute Gasteiger partial charge is 0.272 e. The zero-order valence-electron chi connectivity index (χ0n) is 9.36. The van der Waals surface area contributed by atoms with Crippen molar-refractivity contribution >= 4 is 5.69 Å². The lowest BCUT2D eigenvalue weighted by molar-refractivity contribution is -0.385. The molecule has 1 rings (SSSR count). The molecule has 0 heterocycles. The van der Waals surface area contributed by atoms with Crippen LogP contribution >= 0.6 is 0 Å². The first-order valence-electron chi connectivity index (χ1n) is 4.98. The van der Waals surface area contributed by atoms with Crippen LogP contribution in [0.1, 0.15) is 18.1 Å². The molecule has 0 fully saturated rings. The molecule has 1 aromatic rings. The quantitative estimate of drug-likeness (QED) is 0.478. The van der Waals surface area contributed by atoms with Crippen LogP contribution in [-0.4, -0.2) is 11.0 Å². The van der Waals surface area contributed by atoms with E-state index >= 15 is 0 Å². The van der Waals surface area contributed by atoms with E-state index in [1.807, 2.05) is 13.0 Å². The molecule has 0 aliphatic carbocycles. The van der Waals surface area contributed by atoms with Gasteiger partial charge in [0.2, 0.25) is 0 Å². The van der Waals surface area contributed by atoms with Crippen LogP contribution in [0.2, 0.25) is 0 Å². The van der Waals surface area contributed by atoms with Crippen molar-refractivity contribution in [2.45, 2.75) is 26.4 Å². The van der Waals surface area contributed by atoms with Gasteiger partial charge in [0.1, 0.15) is 0 Å². The van der Waals surface area contributed by atoms with E-state index in [4.69, 9.17) is 6.42 Å². The molecule has 1 N–H and O–H groups in total. The molecule has 0 aliphatic heterocycles. The van der Waals surface area contributed by atoms with Gasteiger partial charge in [-0.3, -0.25) is 15.4 Å². The first-order chi connectivity index (χ1) is 7.56. The van der Waals surface area contributed by atoms with Gasteiger partial charge in [0.05, 0.1) is 11.0 Å². The molecule has 0 radical (unpaired) electrons. The average Bonchev–Trinajstić information content (AvgIpc) is 2.26. The highest BCUT2D eigenvalue weighted by Gasteiger charge is 2.12. The van der Waals surface area contributed by atoms with Gasteiger partial charge in [-0.1, -0.05) is 18.1 Å². The summed E-state index contributed by atoms with van der Waals surface area (Å²) < 4.78 is 0. The molecule has 16 heavy (non-hydrogen) atoms. The number of nitro groups is 1. The Balaban J connectivity index is 2.86. The summed E-state index contributed by atoms with van der Waals surface area (Å²) >= 11 is 0. The van der Waals surface area contributed by atoms with Crippen molar-refractivity contribution in [3.05, 3.63) is 39.4 Å². The molecule has 1 atom stereocenters. The van der Waals surface area contributed by atoms with Crippen LogP contribution in [0, 0.1) is 29.4 Å². The van der Waals surface area contributed by atoms with Gasteiger partial charge < -0.3 is 0 Å². The monoisotopic (exact) mass is 218 g/mol. The predicted octanol–water partition coefficient (Wildman–Crippen LogP) is 2.01. The predicted molar refractivity (Wildman–Crippen MR) is 63.0 cm³/mol. The minimum absolute atomic E-state index is 0.0429. The van der Waals surface area contributed by atoms with Gasteiger partial charge in [0.15, 0.2) is 0 Å². The SMILES string of the molecule is C#CC(C)NCc1cccc([N+](=O)[O-])c1C. The minimum Gasteiger partial charge on any atom is -0.300 e. The van der Waals surface area contributed by atoms with Crippen molar-refractivity contribution < 1.29 is 4.92 Å². The van der Waals surface area contributed by atoms with Crippen molar-refractivity contribution in [2.75, 3.05) is 0 Å². The molecular weight excluding hydrogens is 204 g/mol. The lowest BCUT2D eigenvalue weighted by Gasteiger charge is -2.09. The van der Waals surface area contributed by atoms with E-state index in [9.17, 15) is 10.1 Å². The third kappa shape index (κ3) is 2.81. The largest absolute Gasteiger partial charge is 0.300 e. The number of terminal acetylenes is 1. The molecule has 4 nitrogen and oxygen atoms in total. The van der Waals surface area contributed by atoms with Crippen LogP contribution in [0.5, 0.6) is 0 Å². The zero-order valence-corrected chi connectivity index (χ0v) is 9.36. The van der Waals surface area contributed by atoms with Crippen LogP contribution in [0.25, 0.3) is 0 Å². The normalized spacial score (nSPS) is 11.8. The second kappa shape index (κ2) is 5.29. The summed E-state index contributed by atoms with van der Waals surface area (Å²) in [5, 5.41) is 13.8. The summed E-state index contributed by atoms with van der Waals surface area (Å²) in [5.74, 6) is 2.55. The lowest BCUT2D eigenvalue weighted by Crippen LogP contribution is -2.24. The van der Waals surface area contributed by atoms with Crippen LogP contribution in [0.15, 0.2) is 18.2 Å². The first kappa shape index (κ1) is 12.2. The number of hydrogen-bond donors (Lipinski definition) is 1. The fourth-order valence-corrected chi connectivity index (χ4v) is 1.38. The van der Waals surface area contributed by atoms with Crippen molar-refractivity contribution in [3.63, 3.8) is 0 Å². The Labute approximate surface area is 94.8 Å². The Kier molecular flexibility index (Phi) is 4.03. The molecule has 0 aromatic heterocycles. The standard InChI is InChI=1S/C12H14N2O2/c1-4-9(2)13-8-11-6-5-7-12(10(11)3)14(15)16/h1,5-7,9,13H,8H2,2-3H3. The Morgan fingerprint density at radius 1 is 1.62 bits per heavy atom. The van der Waals surface area contributed by atoms with Gasteiger partial charge in [-0.05, 0) is 19.4 Å². The zero-order chi connectivity index (χ0) is 12.1. The number of hydrogen-bond acceptors (Lipinski definition) is 3. The Morgan fingerprint density at radius 3 is 2.88 bits per heavy atom. The third-order valence-electron chi connectivity index (χ3n) is 2.46. The van der Waals surface area contributed by atoms with Gasteiger partial charge in [-0.25, -0.2) is 0 Å². The molecule has 0 spiro atoms. The van der Waals surface area contributed by atoms with E-state index < -0.39 is 0 Å². The topological polar surface area (TPSA) is 55.2 Å². The van der Waals surface area contributed by atoms with Gasteiger partial charge in [0, 0.05) is 18.2 Å². The summed E-state index contributed by atoms with van der Waals surface area (Å²) in [7, 11) is 0. The Hall–Kier alpha value is -1.86. The van der Waals surface area contributed by atoms with Crippen molar-refractivity contribution in [2.24, 2.45) is 0 Å². The molecule has 0 bridgehead atoms. The number of benzene rings is 1. The Morgan fingerprint density at radius 2 is 2.31 bits per heavy atom. The summed E-state index contributed by atoms with van der Waals surface area (Å²) in [4.78, 5) is 10.3. The van der Waals surface area contributed by atoms with E-state index in [0.29, 0.717) is 12.1 Å². The molecule has 0 saturated carbocycles. The summed E-state index contributed by atoms with van der Waals surface area (Å²) in [6.07, 6.45) is 5.23. The third-order valence-corrected chi connectivity index (χ3v) is 2.46. The number of nitrogens with one attached hydrogen (secondary N) is 1. The average molecular weight is 218 g/mol. The molecule has 0 aliphatic rings. The Bertz CT molecular complexity index is 435. The van der Waals surface area contributed by atoms with Gasteiger partial charge in [-0.2, -0.15) is 0 Å². The number of nitrogens with zero attached hydrogens (tertiary/aromatic N) is 1. The fraction of sp³-hybridized carbons (Fsp3) is 0.333. The lowest BCUT2D eigenvalue weighted by atomic mass is 10.1. The van der Waals surface area contributed by atoms with Gasteiger partial charge in [-0.15, -0.1) is 6.42 Å². The second-order valence-corrected chi connectivity index (χ2v) is 3.59. The second-order valence-electron chi connectivity index (χ2n) is 3.59. The van der Waals surface area contributed by atoms with Crippen molar-refractivity contribution in [1.82, 2.24) is 5.32 Å². The minimum atomic E-state index is -0.372. The van der Waals surface area contributed by atoms with Crippen LogP contribution in [0.4, 0.5) is 5.69 Å². The van der Waals surface area contributed by atoms with Crippen molar-refractivity contribution in [1.29, 1.82) is 0 Å². The van der Waals surface area contributed by atoms with Gasteiger partial charge >= 0.3 is 0 Å². The molecule has 4 heteroatoms. The maximum atomic E-state index is 10.7. The molecule has 0 amide bonds. The van der Waals surface area contributed by atoms with Gasteiger partial charge in [0.25, 0.3) is 5.69 Å². The maximum absolute atomic E-state index is 10.7. The first-order valence-corrected chi connectivity index (χ1v) is 4.98. The van der Waals surface area contributed by atoms with Crippen LogP contribution in [-0.2, 0) is 6.54 Å². The van der Waals surface area contributed by atoms with E-state index in [1.54, 1.807) is 13.0 Å². The summed E-state index contributed by atoms with van der Waals surface area (Å²) in [6.45, 7) is 4.15. The van der Waals surface area contributed by atoms with Crippen LogP contribution in [0.3, 0.4) is 0 Å². The highest BCUT2D eigenvalue weighted by atomic mass is 16.6. The maximum Gasteiger partial charge on any atom is 0.272 e. The summed E-state index contributed by atoms with van der Waals surface area (Å²) in [6, 6.07) is 5.00. The van der Waals surface area contributed by atoms with Crippen molar-refractivity contribution in [3.8, 4) is 12.3 Å². The number of rotatable bonds is 4. The molecular formula is C12H14N2O2. The van der Waals surface area contributed by atoms with E-state index in [-0.39, 0.29) is 16.7 Å². The number of nitro benzene ring substituents is 1. The summed E-state index contributed by atoms with van der Waals surface area (Å²) in [5.41, 5.74) is 1.73. The molecule has 1 aromatic carbocycles. The molecule has 1 unspecified atom stereocenters.